The van der Waals surface area contributed by atoms with Gasteiger partial charge in [-0.1, -0.05) is 18.0 Å². The van der Waals surface area contributed by atoms with Gasteiger partial charge in [0.25, 0.3) is 0 Å². The fourth-order valence-corrected chi connectivity index (χ4v) is 3.04. The van der Waals surface area contributed by atoms with E-state index in [4.69, 9.17) is 21.8 Å². The van der Waals surface area contributed by atoms with Gasteiger partial charge in [-0.15, -0.1) is 0 Å². The Kier molecular flexibility index (Phi) is 4.80. The molecule has 1 aliphatic heterocycles. The third kappa shape index (κ3) is 3.69. The minimum Gasteiger partial charge on any atom is -0.468 e. The van der Waals surface area contributed by atoms with Gasteiger partial charge in [0, 0.05) is 12.6 Å². The van der Waals surface area contributed by atoms with E-state index in [0.717, 1.165) is 18.8 Å². The second-order valence-corrected chi connectivity index (χ2v) is 5.83. The van der Waals surface area contributed by atoms with Gasteiger partial charge in [-0.25, -0.2) is 4.98 Å². The quantitative estimate of drug-likeness (QED) is 0.824. The summed E-state index contributed by atoms with van der Waals surface area (Å²) in [6.45, 7) is 2.85. The van der Waals surface area contributed by atoms with E-state index < -0.39 is 0 Å². The van der Waals surface area contributed by atoms with Crippen molar-refractivity contribution >= 4 is 23.4 Å². The van der Waals surface area contributed by atoms with Gasteiger partial charge in [-0.05, 0) is 38.1 Å². The van der Waals surface area contributed by atoms with Crippen molar-refractivity contribution in [2.24, 2.45) is 0 Å². The van der Waals surface area contributed by atoms with Gasteiger partial charge in [-0.3, -0.25) is 4.90 Å². The molecule has 22 heavy (non-hydrogen) atoms. The van der Waals surface area contributed by atoms with Crippen LogP contribution in [0.15, 0.2) is 28.9 Å². The summed E-state index contributed by atoms with van der Waals surface area (Å²) in [6.07, 6.45) is 5.46. The largest absolute Gasteiger partial charge is 0.468 e. The van der Waals surface area contributed by atoms with E-state index in [1.807, 2.05) is 12.1 Å². The zero-order valence-electron chi connectivity index (χ0n) is 12.3. The number of rotatable bonds is 5. The Morgan fingerprint density at radius 3 is 2.82 bits per heavy atom. The molecule has 0 bridgehead atoms. The van der Waals surface area contributed by atoms with Crippen LogP contribution < -0.4 is 11.1 Å². The zero-order chi connectivity index (χ0) is 15.4. The number of nitrogens with two attached hydrogens (primary N) is 1. The third-order valence-electron chi connectivity index (χ3n) is 3.89. The van der Waals surface area contributed by atoms with Crippen LogP contribution in [0.25, 0.3) is 0 Å². The van der Waals surface area contributed by atoms with E-state index in [9.17, 15) is 0 Å². The summed E-state index contributed by atoms with van der Waals surface area (Å²) < 4.78 is 5.62. The molecule has 0 spiro atoms. The first-order chi connectivity index (χ1) is 10.7. The zero-order valence-corrected chi connectivity index (χ0v) is 13.1. The van der Waals surface area contributed by atoms with Crippen LogP contribution in [0.5, 0.6) is 0 Å². The molecule has 0 amide bonds. The van der Waals surface area contributed by atoms with E-state index in [0.29, 0.717) is 17.5 Å². The van der Waals surface area contributed by atoms with Crippen molar-refractivity contribution in [2.75, 3.05) is 30.7 Å². The lowest BCUT2D eigenvalue weighted by molar-refractivity contribution is 0.153. The summed E-state index contributed by atoms with van der Waals surface area (Å²) in [6, 6.07) is 5.78. The molecule has 7 heteroatoms. The van der Waals surface area contributed by atoms with Crippen molar-refractivity contribution in [3.05, 3.63) is 35.4 Å². The second kappa shape index (κ2) is 6.98. The number of nitrogens with zero attached hydrogens (tertiary/aromatic N) is 3. The molecule has 0 aromatic carbocycles. The van der Waals surface area contributed by atoms with Crippen molar-refractivity contribution in [1.82, 2.24) is 14.9 Å². The average molecular weight is 322 g/mol. The summed E-state index contributed by atoms with van der Waals surface area (Å²) in [5.41, 5.74) is 5.63. The minimum absolute atomic E-state index is 0.169. The molecule has 3 N–H and O–H groups in total. The first-order valence-electron chi connectivity index (χ1n) is 7.54. The molecule has 3 rings (SSSR count). The Balaban J connectivity index is 1.72. The molecule has 2 aromatic rings. The molecular formula is C15H20ClN5O. The molecular weight excluding hydrogens is 302 g/mol. The molecule has 1 aliphatic rings. The molecule has 0 aliphatic carbocycles. The summed E-state index contributed by atoms with van der Waals surface area (Å²) in [4.78, 5) is 10.5. The van der Waals surface area contributed by atoms with E-state index in [1.54, 1.807) is 12.3 Å². The number of furan rings is 1. The Morgan fingerprint density at radius 1 is 1.32 bits per heavy atom. The Bertz CT molecular complexity index is 578. The summed E-state index contributed by atoms with van der Waals surface area (Å²) in [7, 11) is 0. The van der Waals surface area contributed by atoms with Crippen LogP contribution in [0.2, 0.25) is 5.15 Å². The SMILES string of the molecule is Nc1nc(Cl)cc(NCC(c2ccco2)N2CCCCC2)n1. The number of piperidine rings is 1. The number of halogens is 1. The number of hydrogen-bond donors (Lipinski definition) is 2. The predicted molar refractivity (Wildman–Crippen MR) is 86.8 cm³/mol. The highest BCUT2D eigenvalue weighted by Crippen LogP contribution is 2.25. The van der Waals surface area contributed by atoms with Gasteiger partial charge in [0.2, 0.25) is 5.95 Å². The fraction of sp³-hybridized carbons (Fsp3) is 0.467. The molecule has 3 heterocycles. The van der Waals surface area contributed by atoms with Crippen LogP contribution >= 0.6 is 11.6 Å². The van der Waals surface area contributed by atoms with Gasteiger partial charge < -0.3 is 15.5 Å². The Morgan fingerprint density at radius 2 is 2.14 bits per heavy atom. The lowest BCUT2D eigenvalue weighted by Crippen LogP contribution is -2.37. The lowest BCUT2D eigenvalue weighted by Gasteiger charge is -2.33. The maximum Gasteiger partial charge on any atom is 0.223 e. The molecule has 0 saturated carbocycles. The van der Waals surface area contributed by atoms with E-state index in [-0.39, 0.29) is 12.0 Å². The summed E-state index contributed by atoms with van der Waals surface area (Å²) in [5.74, 6) is 1.76. The standard InChI is InChI=1S/C15H20ClN5O/c16-13-9-14(20-15(17)19-13)18-10-11(12-5-4-8-22-12)21-6-2-1-3-7-21/h4-5,8-9,11H,1-3,6-7,10H2,(H3,17,18,19,20). The first-order valence-corrected chi connectivity index (χ1v) is 7.91. The topological polar surface area (TPSA) is 80.2 Å². The molecule has 0 radical (unpaired) electrons. The van der Waals surface area contributed by atoms with Crippen molar-refractivity contribution in [2.45, 2.75) is 25.3 Å². The van der Waals surface area contributed by atoms with Gasteiger partial charge in [-0.2, -0.15) is 4.98 Å². The Hall–Kier alpha value is -1.79. The molecule has 1 fully saturated rings. The van der Waals surface area contributed by atoms with Gasteiger partial charge >= 0.3 is 0 Å². The monoisotopic (exact) mass is 321 g/mol. The normalized spacial score (nSPS) is 17.3. The first kappa shape index (κ1) is 15.1. The van der Waals surface area contributed by atoms with E-state index in [1.165, 1.54) is 19.3 Å². The third-order valence-corrected chi connectivity index (χ3v) is 4.09. The molecule has 6 nitrogen and oxygen atoms in total. The summed E-state index contributed by atoms with van der Waals surface area (Å²) in [5, 5.41) is 3.63. The van der Waals surface area contributed by atoms with Crippen LogP contribution in [-0.4, -0.2) is 34.5 Å². The van der Waals surface area contributed by atoms with Crippen LogP contribution in [0.4, 0.5) is 11.8 Å². The van der Waals surface area contributed by atoms with Crippen LogP contribution in [-0.2, 0) is 0 Å². The molecule has 118 valence electrons. The smallest absolute Gasteiger partial charge is 0.223 e. The van der Waals surface area contributed by atoms with Gasteiger partial charge in [0.15, 0.2) is 0 Å². The van der Waals surface area contributed by atoms with E-state index in [2.05, 4.69) is 20.2 Å². The maximum atomic E-state index is 5.91. The lowest BCUT2D eigenvalue weighted by atomic mass is 10.1. The summed E-state index contributed by atoms with van der Waals surface area (Å²) >= 11 is 5.91. The molecule has 1 saturated heterocycles. The highest BCUT2D eigenvalue weighted by atomic mass is 35.5. The average Bonchev–Trinajstić information content (AvgIpc) is 3.02. The highest BCUT2D eigenvalue weighted by Gasteiger charge is 2.24. The maximum absolute atomic E-state index is 5.91. The number of aromatic nitrogens is 2. The van der Waals surface area contributed by atoms with Crippen LogP contribution in [0.3, 0.4) is 0 Å². The minimum atomic E-state index is 0.169. The van der Waals surface area contributed by atoms with E-state index >= 15 is 0 Å². The Labute approximate surface area is 134 Å². The van der Waals surface area contributed by atoms with Crippen LogP contribution in [0, 0.1) is 0 Å². The number of nitrogens with one attached hydrogen (secondary N) is 1. The number of anilines is 2. The number of nitrogen functional groups attached to an aromatic ring is 1. The van der Waals surface area contributed by atoms with Crippen molar-refractivity contribution in [3.8, 4) is 0 Å². The highest BCUT2D eigenvalue weighted by molar-refractivity contribution is 6.29. The fourth-order valence-electron chi connectivity index (χ4n) is 2.85. The molecule has 1 unspecified atom stereocenters. The molecule has 1 atom stereocenters. The molecule has 2 aromatic heterocycles. The van der Waals surface area contributed by atoms with Crippen molar-refractivity contribution in [3.63, 3.8) is 0 Å². The second-order valence-electron chi connectivity index (χ2n) is 5.44. The predicted octanol–water partition coefficient (Wildman–Crippen LogP) is 2.94. The van der Waals surface area contributed by atoms with Crippen molar-refractivity contribution < 1.29 is 4.42 Å². The van der Waals surface area contributed by atoms with Gasteiger partial charge in [0.05, 0.1) is 12.3 Å². The van der Waals surface area contributed by atoms with Crippen LogP contribution in [0.1, 0.15) is 31.1 Å². The van der Waals surface area contributed by atoms with Crippen molar-refractivity contribution in [1.29, 1.82) is 0 Å². The van der Waals surface area contributed by atoms with Gasteiger partial charge in [0.1, 0.15) is 16.7 Å². The number of likely N-dealkylation sites (tertiary alicyclic amines) is 1. The number of hydrogen-bond acceptors (Lipinski definition) is 6.